The van der Waals surface area contributed by atoms with Gasteiger partial charge in [0.15, 0.2) is 0 Å². The Kier molecular flexibility index (Phi) is 2.93. The van der Waals surface area contributed by atoms with Crippen LogP contribution in [-0.2, 0) is 0 Å². The van der Waals surface area contributed by atoms with E-state index in [1.54, 1.807) is 0 Å². The van der Waals surface area contributed by atoms with Crippen LogP contribution in [0.15, 0.2) is 17.0 Å². The fourth-order valence-corrected chi connectivity index (χ4v) is 3.03. The number of anilines is 1. The number of rotatable bonds is 0. The first kappa shape index (κ1) is 10.2. The van der Waals surface area contributed by atoms with Crippen LogP contribution in [0.2, 0.25) is 5.02 Å². The first-order chi connectivity index (χ1) is 6.68. The van der Waals surface area contributed by atoms with E-state index in [-0.39, 0.29) is 0 Å². The standard InChI is InChI=1S/C11H14ClNS/c1-7-5-6-13-10-4-3-9(12)8(2)11(10)14-7/h3-4,7,13H,5-6H2,1-2H3. The minimum absolute atomic E-state index is 0.668. The largest absolute Gasteiger partial charge is 0.384 e. The van der Waals surface area contributed by atoms with Crippen molar-refractivity contribution >= 4 is 29.1 Å². The lowest BCUT2D eigenvalue weighted by Gasteiger charge is -2.12. The van der Waals surface area contributed by atoms with Gasteiger partial charge in [0.05, 0.1) is 0 Å². The van der Waals surface area contributed by atoms with E-state index < -0.39 is 0 Å². The highest BCUT2D eigenvalue weighted by Crippen LogP contribution is 2.39. The van der Waals surface area contributed by atoms with Crippen molar-refractivity contribution in [3.63, 3.8) is 0 Å². The molecule has 1 N–H and O–H groups in total. The molecule has 1 aliphatic heterocycles. The van der Waals surface area contributed by atoms with E-state index in [4.69, 9.17) is 11.6 Å². The average Bonchev–Trinajstić information content (AvgIpc) is 2.34. The van der Waals surface area contributed by atoms with Crippen LogP contribution in [0.1, 0.15) is 18.9 Å². The van der Waals surface area contributed by atoms with E-state index >= 15 is 0 Å². The summed E-state index contributed by atoms with van der Waals surface area (Å²) in [6.45, 7) is 5.41. The molecule has 0 spiro atoms. The maximum Gasteiger partial charge on any atom is 0.0482 e. The quantitative estimate of drug-likeness (QED) is 0.721. The summed E-state index contributed by atoms with van der Waals surface area (Å²) in [6.07, 6.45) is 1.20. The molecule has 1 atom stereocenters. The summed E-state index contributed by atoms with van der Waals surface area (Å²) in [5.74, 6) is 0. The van der Waals surface area contributed by atoms with Gasteiger partial charge in [0.1, 0.15) is 0 Å². The fraction of sp³-hybridized carbons (Fsp3) is 0.455. The Balaban J connectivity index is 2.46. The second kappa shape index (κ2) is 4.03. The zero-order chi connectivity index (χ0) is 10.1. The molecule has 1 unspecified atom stereocenters. The van der Waals surface area contributed by atoms with Crippen molar-refractivity contribution in [1.29, 1.82) is 0 Å². The molecule has 0 bridgehead atoms. The Hall–Kier alpha value is -0.340. The summed E-state index contributed by atoms with van der Waals surface area (Å²) < 4.78 is 0. The summed E-state index contributed by atoms with van der Waals surface area (Å²) in [4.78, 5) is 1.32. The van der Waals surface area contributed by atoms with Gasteiger partial charge in [-0.15, -0.1) is 11.8 Å². The van der Waals surface area contributed by atoms with E-state index in [0.717, 1.165) is 11.6 Å². The molecule has 0 saturated carbocycles. The molecule has 0 aliphatic carbocycles. The van der Waals surface area contributed by atoms with Crippen molar-refractivity contribution in [3.8, 4) is 0 Å². The van der Waals surface area contributed by atoms with Gasteiger partial charge in [-0.2, -0.15) is 0 Å². The number of fused-ring (bicyclic) bond motifs is 1. The van der Waals surface area contributed by atoms with Gasteiger partial charge < -0.3 is 5.32 Å². The Morgan fingerprint density at radius 2 is 2.29 bits per heavy atom. The predicted octanol–water partition coefficient (Wildman–Crippen LogP) is 3.94. The minimum Gasteiger partial charge on any atom is -0.384 e. The molecule has 1 nitrogen and oxygen atoms in total. The van der Waals surface area contributed by atoms with Crippen LogP contribution >= 0.6 is 23.4 Å². The number of hydrogen-bond donors (Lipinski definition) is 1. The highest BCUT2D eigenvalue weighted by Gasteiger charge is 2.16. The fourth-order valence-electron chi connectivity index (χ4n) is 1.63. The second-order valence-electron chi connectivity index (χ2n) is 3.69. The van der Waals surface area contributed by atoms with Crippen LogP contribution in [0, 0.1) is 6.92 Å². The van der Waals surface area contributed by atoms with Crippen LogP contribution in [0.4, 0.5) is 5.69 Å². The molecule has 1 aliphatic rings. The van der Waals surface area contributed by atoms with Crippen molar-refractivity contribution in [3.05, 3.63) is 22.7 Å². The third kappa shape index (κ3) is 1.86. The molecule has 1 aromatic carbocycles. The summed E-state index contributed by atoms with van der Waals surface area (Å²) in [5, 5.41) is 4.98. The van der Waals surface area contributed by atoms with E-state index in [1.807, 2.05) is 17.8 Å². The SMILES string of the molecule is Cc1c(Cl)ccc2c1SC(C)CCN2. The number of thioether (sulfide) groups is 1. The Morgan fingerprint density at radius 3 is 3.07 bits per heavy atom. The van der Waals surface area contributed by atoms with Crippen LogP contribution in [-0.4, -0.2) is 11.8 Å². The van der Waals surface area contributed by atoms with E-state index in [0.29, 0.717) is 5.25 Å². The third-order valence-corrected chi connectivity index (χ3v) is 4.33. The summed E-state index contributed by atoms with van der Waals surface area (Å²) in [6, 6.07) is 4.05. The van der Waals surface area contributed by atoms with Gasteiger partial charge >= 0.3 is 0 Å². The topological polar surface area (TPSA) is 12.0 Å². The van der Waals surface area contributed by atoms with Gasteiger partial charge in [-0.05, 0) is 31.0 Å². The molecule has 2 rings (SSSR count). The molecular weight excluding hydrogens is 214 g/mol. The Morgan fingerprint density at radius 1 is 1.50 bits per heavy atom. The Bertz CT molecular complexity index is 351. The lowest BCUT2D eigenvalue weighted by Crippen LogP contribution is -2.03. The molecule has 0 radical (unpaired) electrons. The normalized spacial score (nSPS) is 20.9. The van der Waals surface area contributed by atoms with Gasteiger partial charge in [0.2, 0.25) is 0 Å². The van der Waals surface area contributed by atoms with Gasteiger partial charge in [0.25, 0.3) is 0 Å². The minimum atomic E-state index is 0.668. The van der Waals surface area contributed by atoms with E-state index in [1.165, 1.54) is 22.6 Å². The molecule has 0 fully saturated rings. The van der Waals surface area contributed by atoms with Crippen molar-refractivity contribution in [2.24, 2.45) is 0 Å². The van der Waals surface area contributed by atoms with Gasteiger partial charge in [0, 0.05) is 27.4 Å². The Labute approximate surface area is 94.2 Å². The molecular formula is C11H14ClNS. The lowest BCUT2D eigenvalue weighted by atomic mass is 10.2. The van der Waals surface area contributed by atoms with Gasteiger partial charge in [-0.1, -0.05) is 18.5 Å². The smallest absolute Gasteiger partial charge is 0.0482 e. The molecule has 1 heterocycles. The molecule has 0 saturated heterocycles. The number of halogens is 1. The van der Waals surface area contributed by atoms with Crippen molar-refractivity contribution in [1.82, 2.24) is 0 Å². The summed E-state index contributed by atoms with van der Waals surface area (Å²) >= 11 is 8.03. The van der Waals surface area contributed by atoms with Crippen molar-refractivity contribution in [2.45, 2.75) is 30.4 Å². The molecule has 0 amide bonds. The van der Waals surface area contributed by atoms with Crippen LogP contribution < -0.4 is 5.32 Å². The number of nitrogens with one attached hydrogen (secondary N) is 1. The summed E-state index contributed by atoms with van der Waals surface area (Å²) in [7, 11) is 0. The third-order valence-electron chi connectivity index (χ3n) is 2.53. The van der Waals surface area contributed by atoms with Crippen LogP contribution in [0.5, 0.6) is 0 Å². The van der Waals surface area contributed by atoms with Gasteiger partial charge in [-0.25, -0.2) is 0 Å². The average molecular weight is 228 g/mol. The number of hydrogen-bond acceptors (Lipinski definition) is 2. The highest BCUT2D eigenvalue weighted by molar-refractivity contribution is 8.00. The maximum atomic E-state index is 6.11. The van der Waals surface area contributed by atoms with Crippen molar-refractivity contribution in [2.75, 3.05) is 11.9 Å². The number of benzene rings is 1. The lowest BCUT2D eigenvalue weighted by molar-refractivity contribution is 0.860. The molecule has 1 aromatic rings. The zero-order valence-electron chi connectivity index (χ0n) is 8.43. The van der Waals surface area contributed by atoms with Crippen molar-refractivity contribution < 1.29 is 0 Å². The van der Waals surface area contributed by atoms with Gasteiger partial charge in [-0.3, -0.25) is 0 Å². The maximum absolute atomic E-state index is 6.11. The predicted molar refractivity (Wildman–Crippen MR) is 64.6 cm³/mol. The van der Waals surface area contributed by atoms with E-state index in [2.05, 4.69) is 25.2 Å². The molecule has 76 valence electrons. The molecule has 3 heteroatoms. The zero-order valence-corrected chi connectivity index (χ0v) is 10.0. The first-order valence-corrected chi connectivity index (χ1v) is 6.14. The first-order valence-electron chi connectivity index (χ1n) is 4.88. The monoisotopic (exact) mass is 227 g/mol. The van der Waals surface area contributed by atoms with Crippen LogP contribution in [0.25, 0.3) is 0 Å². The summed E-state index contributed by atoms with van der Waals surface area (Å²) in [5.41, 5.74) is 2.44. The second-order valence-corrected chi connectivity index (χ2v) is 5.55. The molecule has 0 aromatic heterocycles. The highest BCUT2D eigenvalue weighted by atomic mass is 35.5. The van der Waals surface area contributed by atoms with E-state index in [9.17, 15) is 0 Å². The van der Waals surface area contributed by atoms with Crippen LogP contribution in [0.3, 0.4) is 0 Å². The molecule has 14 heavy (non-hydrogen) atoms.